The Morgan fingerprint density at radius 3 is 2.58 bits per heavy atom. The van der Waals surface area contributed by atoms with Crippen molar-refractivity contribution in [1.82, 2.24) is 0 Å². The highest BCUT2D eigenvalue weighted by molar-refractivity contribution is 7.09. The molecule has 1 nitrogen and oxygen atoms in total. The summed E-state index contributed by atoms with van der Waals surface area (Å²) in [7, 11) is 0. The van der Waals surface area contributed by atoms with Crippen LogP contribution >= 0.6 is 11.3 Å². The van der Waals surface area contributed by atoms with Gasteiger partial charge < -0.3 is 5.11 Å². The van der Waals surface area contributed by atoms with Gasteiger partial charge in [0, 0.05) is 4.88 Å². The van der Waals surface area contributed by atoms with Crippen LogP contribution in [0.1, 0.15) is 64.2 Å². The Bertz CT molecular complexity index is 372. The largest absolute Gasteiger partial charge is 0.390 e. The quantitative estimate of drug-likeness (QED) is 0.801. The topological polar surface area (TPSA) is 20.2 Å². The number of aliphatic hydroxyl groups is 1. The van der Waals surface area contributed by atoms with Crippen LogP contribution in [-0.2, 0) is 6.42 Å². The van der Waals surface area contributed by atoms with Gasteiger partial charge in [-0.2, -0.15) is 0 Å². The molecule has 2 rings (SSSR count). The summed E-state index contributed by atoms with van der Waals surface area (Å²) in [4.78, 5) is 1.41. The summed E-state index contributed by atoms with van der Waals surface area (Å²) in [6, 6.07) is 4.28. The summed E-state index contributed by atoms with van der Waals surface area (Å²) in [5, 5.41) is 12.9. The van der Waals surface area contributed by atoms with Gasteiger partial charge in [-0.3, -0.25) is 0 Å². The fourth-order valence-corrected chi connectivity index (χ4v) is 3.99. The molecule has 1 aliphatic rings. The molecule has 0 aliphatic heterocycles. The molecule has 0 aromatic carbocycles. The van der Waals surface area contributed by atoms with Crippen LogP contribution in [-0.4, -0.2) is 10.7 Å². The number of thiophene rings is 1. The standard InChI is InChI=1S/C17H28OS/c1-4-16(2,3)14-7-10-17(18,11-8-14)12-9-15-6-5-13-19-15/h5-6,13-14,18H,4,7-12H2,1-3H3. The van der Waals surface area contributed by atoms with Crippen LogP contribution in [0.3, 0.4) is 0 Å². The van der Waals surface area contributed by atoms with Gasteiger partial charge in [0.2, 0.25) is 0 Å². The summed E-state index contributed by atoms with van der Waals surface area (Å²) in [5.74, 6) is 0.791. The van der Waals surface area contributed by atoms with Crippen LogP contribution in [0.2, 0.25) is 0 Å². The van der Waals surface area contributed by atoms with E-state index in [1.54, 1.807) is 0 Å². The van der Waals surface area contributed by atoms with Gasteiger partial charge in [0.1, 0.15) is 0 Å². The number of rotatable bonds is 5. The van der Waals surface area contributed by atoms with E-state index in [4.69, 9.17) is 0 Å². The van der Waals surface area contributed by atoms with Crippen LogP contribution in [0, 0.1) is 11.3 Å². The SMILES string of the molecule is CCC(C)(C)C1CCC(O)(CCc2cccs2)CC1. The fraction of sp³-hybridized carbons (Fsp3) is 0.765. The lowest BCUT2D eigenvalue weighted by Gasteiger charge is -2.42. The Balaban J connectivity index is 1.84. The Morgan fingerprint density at radius 2 is 2.05 bits per heavy atom. The molecule has 1 N–H and O–H groups in total. The van der Waals surface area contributed by atoms with Gasteiger partial charge in [0.25, 0.3) is 0 Å². The lowest BCUT2D eigenvalue weighted by molar-refractivity contribution is -0.0337. The Labute approximate surface area is 122 Å². The molecule has 0 atom stereocenters. The fourth-order valence-electron chi connectivity index (χ4n) is 3.29. The predicted octanol–water partition coefficient (Wildman–Crippen LogP) is 5.04. The second kappa shape index (κ2) is 5.97. The van der Waals surface area contributed by atoms with Gasteiger partial charge in [-0.05, 0) is 61.3 Å². The van der Waals surface area contributed by atoms with Crippen molar-refractivity contribution in [1.29, 1.82) is 0 Å². The molecule has 0 radical (unpaired) electrons. The van der Waals surface area contributed by atoms with Gasteiger partial charge in [0.15, 0.2) is 0 Å². The molecule has 0 amide bonds. The molecule has 0 spiro atoms. The van der Waals surface area contributed by atoms with E-state index in [2.05, 4.69) is 38.3 Å². The third-order valence-electron chi connectivity index (χ3n) is 5.35. The van der Waals surface area contributed by atoms with E-state index in [-0.39, 0.29) is 0 Å². The van der Waals surface area contributed by atoms with Gasteiger partial charge in [-0.15, -0.1) is 11.3 Å². The Morgan fingerprint density at radius 1 is 1.37 bits per heavy atom. The maximum atomic E-state index is 10.7. The maximum absolute atomic E-state index is 10.7. The van der Waals surface area contributed by atoms with E-state index < -0.39 is 5.60 Å². The lowest BCUT2D eigenvalue weighted by Crippen LogP contribution is -2.38. The van der Waals surface area contributed by atoms with Crippen molar-refractivity contribution in [3.05, 3.63) is 22.4 Å². The molecule has 2 heteroatoms. The molecule has 1 aliphatic carbocycles. The van der Waals surface area contributed by atoms with Crippen LogP contribution in [0.4, 0.5) is 0 Å². The first-order valence-corrected chi connectivity index (χ1v) is 8.58. The molecular formula is C17H28OS. The minimum absolute atomic E-state index is 0.399. The van der Waals surface area contributed by atoms with Crippen molar-refractivity contribution in [3.63, 3.8) is 0 Å². The number of hydrogen-bond donors (Lipinski definition) is 1. The smallest absolute Gasteiger partial charge is 0.0651 e. The minimum Gasteiger partial charge on any atom is -0.390 e. The second-order valence-corrected chi connectivity index (χ2v) is 7.95. The monoisotopic (exact) mass is 280 g/mol. The van der Waals surface area contributed by atoms with Crippen molar-refractivity contribution < 1.29 is 5.11 Å². The van der Waals surface area contributed by atoms with E-state index in [9.17, 15) is 5.11 Å². The van der Waals surface area contributed by atoms with E-state index in [0.717, 1.165) is 31.6 Å². The maximum Gasteiger partial charge on any atom is 0.0651 e. The third-order valence-corrected chi connectivity index (χ3v) is 6.29. The summed E-state index contributed by atoms with van der Waals surface area (Å²) in [6.07, 6.45) is 7.59. The molecule has 108 valence electrons. The first-order chi connectivity index (χ1) is 8.95. The highest BCUT2D eigenvalue weighted by Crippen LogP contribution is 2.44. The minimum atomic E-state index is -0.399. The molecule has 0 saturated heterocycles. The van der Waals surface area contributed by atoms with Crippen LogP contribution in [0.15, 0.2) is 17.5 Å². The van der Waals surface area contributed by atoms with Crippen LogP contribution < -0.4 is 0 Å². The highest BCUT2D eigenvalue weighted by Gasteiger charge is 2.37. The van der Waals surface area contributed by atoms with Crippen LogP contribution in [0.5, 0.6) is 0 Å². The average Bonchev–Trinajstić information content (AvgIpc) is 2.90. The van der Waals surface area contributed by atoms with Gasteiger partial charge in [-0.25, -0.2) is 0 Å². The van der Waals surface area contributed by atoms with Gasteiger partial charge >= 0.3 is 0 Å². The lowest BCUT2D eigenvalue weighted by atomic mass is 9.66. The summed E-state index contributed by atoms with van der Waals surface area (Å²) in [6.45, 7) is 7.05. The summed E-state index contributed by atoms with van der Waals surface area (Å²) in [5.41, 5.74) is 0.0411. The van der Waals surface area contributed by atoms with Crippen molar-refractivity contribution in [3.8, 4) is 0 Å². The normalized spacial score (nSPS) is 28.5. The molecule has 1 saturated carbocycles. The Hall–Kier alpha value is -0.340. The van der Waals surface area contributed by atoms with Gasteiger partial charge in [0.05, 0.1) is 5.60 Å². The van der Waals surface area contributed by atoms with E-state index in [0.29, 0.717) is 5.41 Å². The molecule has 0 unspecified atom stereocenters. The third kappa shape index (κ3) is 3.82. The zero-order valence-corrected chi connectivity index (χ0v) is 13.4. The zero-order valence-electron chi connectivity index (χ0n) is 12.6. The summed E-state index contributed by atoms with van der Waals surface area (Å²) < 4.78 is 0. The first-order valence-electron chi connectivity index (χ1n) is 7.70. The summed E-state index contributed by atoms with van der Waals surface area (Å²) >= 11 is 1.81. The number of hydrogen-bond acceptors (Lipinski definition) is 2. The average molecular weight is 280 g/mol. The highest BCUT2D eigenvalue weighted by atomic mass is 32.1. The Kier molecular flexibility index (Phi) is 4.73. The molecule has 0 bridgehead atoms. The van der Waals surface area contributed by atoms with Crippen molar-refractivity contribution in [2.24, 2.45) is 11.3 Å². The van der Waals surface area contributed by atoms with E-state index in [1.165, 1.54) is 24.1 Å². The van der Waals surface area contributed by atoms with Crippen LogP contribution in [0.25, 0.3) is 0 Å². The van der Waals surface area contributed by atoms with Crippen molar-refractivity contribution in [2.45, 2.75) is 71.3 Å². The van der Waals surface area contributed by atoms with E-state index in [1.807, 2.05) is 11.3 Å². The molecule has 1 aromatic rings. The second-order valence-electron chi connectivity index (χ2n) is 6.92. The predicted molar refractivity (Wildman–Crippen MR) is 83.6 cm³/mol. The van der Waals surface area contributed by atoms with E-state index >= 15 is 0 Å². The molecule has 1 heterocycles. The molecular weight excluding hydrogens is 252 g/mol. The molecule has 19 heavy (non-hydrogen) atoms. The molecule has 1 fully saturated rings. The first kappa shape index (κ1) is 15.1. The van der Waals surface area contributed by atoms with Crippen molar-refractivity contribution in [2.75, 3.05) is 0 Å². The molecule has 1 aromatic heterocycles. The van der Waals surface area contributed by atoms with Crippen molar-refractivity contribution >= 4 is 11.3 Å². The number of aryl methyl sites for hydroxylation is 1. The van der Waals surface area contributed by atoms with Gasteiger partial charge in [-0.1, -0.05) is 33.3 Å². The zero-order chi connectivity index (χ0) is 13.9.